The van der Waals surface area contributed by atoms with Gasteiger partial charge in [-0.2, -0.15) is 0 Å². The third-order valence-electron chi connectivity index (χ3n) is 4.89. The molecule has 3 rings (SSSR count). The topological polar surface area (TPSA) is 91.7 Å². The average molecular weight is 382 g/mol. The Morgan fingerprint density at radius 2 is 2.29 bits per heavy atom. The van der Waals surface area contributed by atoms with Gasteiger partial charge in [0.05, 0.1) is 6.10 Å². The number of hydrogen-bond donors (Lipinski definition) is 3. The van der Waals surface area contributed by atoms with Crippen LogP contribution in [0, 0.1) is 0 Å². The van der Waals surface area contributed by atoms with Gasteiger partial charge < -0.3 is 20.3 Å². The second-order valence-corrected chi connectivity index (χ2v) is 6.93. The highest BCUT2D eigenvalue weighted by atomic mass is 16.5. The molecule has 1 aromatic heterocycles. The summed E-state index contributed by atoms with van der Waals surface area (Å²) in [5, 5.41) is 22.6. The summed E-state index contributed by atoms with van der Waals surface area (Å²) in [6.45, 7) is 2.93. The molecule has 2 atom stereocenters. The van der Waals surface area contributed by atoms with E-state index >= 15 is 0 Å². The van der Waals surface area contributed by atoms with Gasteiger partial charge in [0.1, 0.15) is 11.9 Å². The second-order valence-electron chi connectivity index (χ2n) is 6.93. The van der Waals surface area contributed by atoms with Gasteiger partial charge in [-0.1, -0.05) is 19.1 Å². The molecule has 1 aliphatic heterocycles. The summed E-state index contributed by atoms with van der Waals surface area (Å²) in [5.41, 5.74) is 3.17. The van der Waals surface area contributed by atoms with Gasteiger partial charge in [0.25, 0.3) is 0 Å². The zero-order valence-electron chi connectivity index (χ0n) is 16.0. The van der Waals surface area contributed by atoms with Gasteiger partial charge in [-0.25, -0.2) is 4.79 Å². The molecule has 0 amide bonds. The van der Waals surface area contributed by atoms with Crippen LogP contribution in [0.25, 0.3) is 6.08 Å². The molecule has 0 radical (unpaired) electrons. The first kappa shape index (κ1) is 20.0. The van der Waals surface area contributed by atoms with E-state index in [1.165, 1.54) is 0 Å². The third-order valence-corrected chi connectivity index (χ3v) is 4.89. The van der Waals surface area contributed by atoms with Crippen molar-refractivity contribution in [1.82, 2.24) is 10.3 Å². The molecule has 0 spiro atoms. The van der Waals surface area contributed by atoms with Crippen LogP contribution in [0.5, 0.6) is 5.75 Å². The van der Waals surface area contributed by atoms with Crippen molar-refractivity contribution in [2.75, 3.05) is 13.1 Å². The number of aliphatic carboxylic acids is 1. The van der Waals surface area contributed by atoms with Crippen molar-refractivity contribution >= 4 is 12.0 Å². The van der Waals surface area contributed by atoms with Crippen LogP contribution >= 0.6 is 0 Å². The molecule has 28 heavy (non-hydrogen) atoms. The summed E-state index contributed by atoms with van der Waals surface area (Å²) in [7, 11) is 0. The van der Waals surface area contributed by atoms with Gasteiger partial charge in [0, 0.05) is 36.6 Å². The molecule has 1 aromatic carbocycles. The molecular weight excluding hydrogens is 356 g/mol. The third kappa shape index (κ3) is 5.18. The quantitative estimate of drug-likeness (QED) is 0.608. The lowest BCUT2D eigenvalue weighted by Gasteiger charge is -2.27. The number of aryl methyl sites for hydroxylation is 1. The fraction of sp³-hybridized carbons (Fsp3) is 0.364. The maximum Gasteiger partial charge on any atom is 0.331 e. The first-order chi connectivity index (χ1) is 13.6. The molecule has 6 heteroatoms. The Hall–Kier alpha value is -2.70. The van der Waals surface area contributed by atoms with E-state index in [1.54, 1.807) is 18.5 Å². The first-order valence-corrected chi connectivity index (χ1v) is 9.59. The lowest BCUT2D eigenvalue weighted by molar-refractivity contribution is -0.132. The molecule has 2 heterocycles. The van der Waals surface area contributed by atoms with Crippen LogP contribution < -0.4 is 10.1 Å². The smallest absolute Gasteiger partial charge is 0.331 e. The zero-order chi connectivity index (χ0) is 19.9. The van der Waals surface area contributed by atoms with E-state index in [4.69, 9.17) is 4.74 Å². The molecule has 0 saturated carbocycles. The standard InChI is InChI=1S/C22H26N2O4/c1-2-16(22(26)27)10-15-5-8-21-17(11-15)6-7-19(28-21)13-24-14-20(25)18-4-3-9-23-12-18/h3-5,8-12,19-20,24-25H,2,6-7,13-14H2,1H3,(H,26,27)/t19-,20-/m0/s1. The summed E-state index contributed by atoms with van der Waals surface area (Å²) in [6.07, 6.45) is 6.75. The summed E-state index contributed by atoms with van der Waals surface area (Å²) in [4.78, 5) is 15.2. The maximum absolute atomic E-state index is 11.2. The fourth-order valence-corrected chi connectivity index (χ4v) is 3.29. The highest BCUT2D eigenvalue weighted by molar-refractivity contribution is 5.92. The number of rotatable bonds is 8. The number of nitrogens with zero attached hydrogens (tertiary/aromatic N) is 1. The minimum atomic E-state index is -0.879. The number of ether oxygens (including phenoxy) is 1. The Balaban J connectivity index is 1.54. The zero-order valence-corrected chi connectivity index (χ0v) is 16.0. The van der Waals surface area contributed by atoms with Crippen LogP contribution in [0.4, 0.5) is 0 Å². The number of nitrogens with one attached hydrogen (secondary N) is 1. The van der Waals surface area contributed by atoms with Crippen LogP contribution in [-0.2, 0) is 11.2 Å². The molecule has 148 valence electrons. The number of aromatic nitrogens is 1. The second kappa shape index (κ2) is 9.48. The molecule has 2 aromatic rings. The highest BCUT2D eigenvalue weighted by Crippen LogP contribution is 2.29. The minimum absolute atomic E-state index is 0.0419. The van der Waals surface area contributed by atoms with Crippen molar-refractivity contribution in [2.24, 2.45) is 0 Å². The molecule has 0 saturated heterocycles. The van der Waals surface area contributed by atoms with Gasteiger partial charge in [0.15, 0.2) is 0 Å². The number of carboxylic acid groups (broad SMARTS) is 1. The van der Waals surface area contributed by atoms with Gasteiger partial charge in [-0.15, -0.1) is 0 Å². The Morgan fingerprint density at radius 1 is 1.43 bits per heavy atom. The largest absolute Gasteiger partial charge is 0.489 e. The van der Waals surface area contributed by atoms with Crippen molar-refractivity contribution in [3.05, 3.63) is 65.0 Å². The van der Waals surface area contributed by atoms with Crippen LogP contribution in [0.1, 0.15) is 42.6 Å². The molecule has 0 fully saturated rings. The Kier molecular flexibility index (Phi) is 6.79. The van der Waals surface area contributed by atoms with Gasteiger partial charge in [0.2, 0.25) is 0 Å². The number of fused-ring (bicyclic) bond motifs is 1. The number of hydrogen-bond acceptors (Lipinski definition) is 5. The molecule has 1 aliphatic rings. The van der Waals surface area contributed by atoms with Crippen molar-refractivity contribution in [1.29, 1.82) is 0 Å². The highest BCUT2D eigenvalue weighted by Gasteiger charge is 2.20. The number of aliphatic hydroxyl groups excluding tert-OH is 1. The normalized spacial score (nSPS) is 17.5. The van der Waals surface area contributed by atoms with E-state index in [9.17, 15) is 15.0 Å². The molecule has 0 aliphatic carbocycles. The molecule has 3 N–H and O–H groups in total. The fourth-order valence-electron chi connectivity index (χ4n) is 3.29. The van der Waals surface area contributed by atoms with E-state index in [2.05, 4.69) is 10.3 Å². The van der Waals surface area contributed by atoms with Crippen LogP contribution in [0.15, 0.2) is 48.3 Å². The van der Waals surface area contributed by atoms with Crippen LogP contribution in [0.3, 0.4) is 0 Å². The van der Waals surface area contributed by atoms with Crippen molar-refractivity contribution in [3.63, 3.8) is 0 Å². The average Bonchev–Trinajstić information content (AvgIpc) is 2.72. The molecule has 6 nitrogen and oxygen atoms in total. The van der Waals surface area contributed by atoms with Crippen LogP contribution in [-0.4, -0.2) is 40.4 Å². The summed E-state index contributed by atoms with van der Waals surface area (Å²) in [5.74, 6) is -0.0348. The number of carboxylic acids is 1. The van der Waals surface area contributed by atoms with Crippen LogP contribution in [0.2, 0.25) is 0 Å². The Bertz CT molecular complexity index is 836. The van der Waals surface area contributed by atoms with Crippen molar-refractivity contribution in [3.8, 4) is 5.75 Å². The number of carbonyl (C=O) groups is 1. The number of aliphatic hydroxyl groups is 1. The number of benzene rings is 1. The van der Waals surface area contributed by atoms with E-state index in [-0.39, 0.29) is 6.10 Å². The van der Waals surface area contributed by atoms with Gasteiger partial charge in [-0.3, -0.25) is 4.98 Å². The lowest BCUT2D eigenvalue weighted by atomic mass is 9.98. The van der Waals surface area contributed by atoms with E-state index in [1.807, 2.05) is 37.3 Å². The predicted octanol–water partition coefficient (Wildman–Crippen LogP) is 2.98. The van der Waals surface area contributed by atoms with E-state index in [0.717, 1.165) is 35.3 Å². The molecular formula is C22H26N2O4. The van der Waals surface area contributed by atoms with Crippen molar-refractivity contribution < 1.29 is 19.7 Å². The predicted molar refractivity (Wildman–Crippen MR) is 107 cm³/mol. The Labute approximate surface area is 164 Å². The van der Waals surface area contributed by atoms with Gasteiger partial charge >= 0.3 is 5.97 Å². The van der Waals surface area contributed by atoms with E-state index < -0.39 is 12.1 Å². The lowest BCUT2D eigenvalue weighted by Crippen LogP contribution is -2.36. The van der Waals surface area contributed by atoms with E-state index in [0.29, 0.717) is 25.1 Å². The number of pyridine rings is 1. The molecule has 0 unspecified atom stereocenters. The summed E-state index contributed by atoms with van der Waals surface area (Å²) in [6, 6.07) is 9.46. The molecule has 0 bridgehead atoms. The summed E-state index contributed by atoms with van der Waals surface area (Å²) < 4.78 is 6.06. The maximum atomic E-state index is 11.2. The SMILES string of the molecule is CCC(=Cc1ccc2c(c1)CC[C@@H](CNC[C@H](O)c1cccnc1)O2)C(=O)O. The minimum Gasteiger partial charge on any atom is -0.489 e. The van der Waals surface area contributed by atoms with Crippen molar-refractivity contribution in [2.45, 2.75) is 38.4 Å². The monoisotopic (exact) mass is 382 g/mol. The van der Waals surface area contributed by atoms with Gasteiger partial charge in [-0.05, 0) is 54.7 Å². The first-order valence-electron chi connectivity index (χ1n) is 9.59. The summed E-state index contributed by atoms with van der Waals surface area (Å²) >= 11 is 0. The Morgan fingerprint density at radius 3 is 3.00 bits per heavy atom.